The Labute approximate surface area is 71.1 Å². The quantitative estimate of drug-likeness (QED) is 0.342. The van der Waals surface area contributed by atoms with E-state index in [0.717, 1.165) is 0 Å². The van der Waals surface area contributed by atoms with Crippen LogP contribution in [0.5, 0.6) is 0 Å². The van der Waals surface area contributed by atoms with Crippen LogP contribution in [-0.2, 0) is 19.5 Å². The van der Waals surface area contributed by atoms with E-state index in [1.807, 2.05) is 0 Å². The molecule has 0 spiro atoms. The maximum Gasteiger partial charge on any atom is 2.00 e. The van der Waals surface area contributed by atoms with E-state index < -0.39 is 0 Å². The summed E-state index contributed by atoms with van der Waals surface area (Å²) in [6.45, 7) is 0. The van der Waals surface area contributed by atoms with Crippen LogP contribution in [0.3, 0.4) is 0 Å². The average molecular weight is 135 g/mol. The van der Waals surface area contributed by atoms with Gasteiger partial charge in [-0.25, -0.2) is 0 Å². The van der Waals surface area contributed by atoms with Crippen molar-refractivity contribution in [2.24, 2.45) is 0 Å². The summed E-state index contributed by atoms with van der Waals surface area (Å²) < 4.78 is 0. The smallest absolute Gasteiger partial charge is 0.358 e. The fraction of sp³-hybridized carbons (Fsp3) is 0. The van der Waals surface area contributed by atoms with Crippen molar-refractivity contribution < 1.29 is 57.2 Å². The first-order valence-corrected chi connectivity index (χ1v) is 0. The van der Waals surface area contributed by atoms with Crippen molar-refractivity contribution in [2.75, 3.05) is 0 Å². The third-order valence-corrected chi connectivity index (χ3v) is 0. The second-order valence-corrected chi connectivity index (χ2v) is 0. The van der Waals surface area contributed by atoms with Crippen LogP contribution < -0.4 is 0 Å². The first-order valence-electron chi connectivity index (χ1n) is 0. The fourth-order valence-corrected chi connectivity index (χ4v) is 0. The van der Waals surface area contributed by atoms with Gasteiger partial charge in [0.2, 0.25) is 0 Å². The van der Waals surface area contributed by atoms with Crippen LogP contribution in [0.15, 0.2) is 0 Å². The topological polar surface area (TPSA) is 0 Å². The molecule has 0 aromatic heterocycles. The molecule has 0 aliphatic carbocycles. The molecule has 0 saturated carbocycles. The van der Waals surface area contributed by atoms with Crippen molar-refractivity contribution in [2.45, 2.75) is 0 Å². The van der Waals surface area contributed by atoms with Gasteiger partial charge in [-0.2, -0.15) is 0 Å². The predicted octanol–water partition coefficient (Wildman–Crippen LogP) is 0.898. The van der Waals surface area contributed by atoms with Crippen molar-refractivity contribution in [1.29, 1.82) is 0 Å². The Morgan fingerprint density at radius 1 is 0.750 bits per heavy atom. The van der Waals surface area contributed by atoms with Crippen molar-refractivity contribution in [3.05, 3.63) is 14.9 Å². The molecule has 0 fully saturated rings. The van der Waals surface area contributed by atoms with E-state index in [1.54, 1.807) is 0 Å². The van der Waals surface area contributed by atoms with E-state index in [2.05, 4.69) is 0 Å². The molecule has 4 heavy (non-hydrogen) atoms. The summed E-state index contributed by atoms with van der Waals surface area (Å²) in [6, 6.07) is 0. The standard InChI is InChI=1S/2CH3.Ar.Zn/h2*1H3;;/q2*-1;;+2. The molecule has 0 atom stereocenters. The molecule has 2 heteroatoms. The van der Waals surface area contributed by atoms with Gasteiger partial charge in [0.15, 0.2) is 0 Å². The van der Waals surface area contributed by atoms with Crippen LogP contribution in [0.1, 0.15) is 0 Å². The molecule has 0 saturated heterocycles. The molecule has 0 rings (SSSR count). The van der Waals surface area contributed by atoms with Crippen LogP contribution >= 0.6 is 0 Å². The first kappa shape index (κ1) is 39.6. The van der Waals surface area contributed by atoms with Gasteiger partial charge >= 0.3 is 19.5 Å². The number of hydrogen-bond donors (Lipinski definition) is 0. The van der Waals surface area contributed by atoms with Crippen LogP contribution in [0.25, 0.3) is 0 Å². The Balaban J connectivity index is 0. The van der Waals surface area contributed by atoms with Crippen molar-refractivity contribution in [1.82, 2.24) is 0 Å². The Morgan fingerprint density at radius 2 is 0.750 bits per heavy atom. The molecule has 0 bridgehead atoms. The van der Waals surface area contributed by atoms with Gasteiger partial charge in [-0.3, -0.25) is 0 Å². The monoisotopic (exact) mass is 134 g/mol. The van der Waals surface area contributed by atoms with E-state index >= 15 is 0 Å². The molecule has 0 heterocycles. The molecule has 0 nitrogen and oxygen atoms in total. The molecular weight excluding hydrogens is 129 g/mol. The third kappa shape index (κ3) is 9.10. The van der Waals surface area contributed by atoms with E-state index in [9.17, 15) is 0 Å². The minimum atomic E-state index is 0. The van der Waals surface area contributed by atoms with Crippen LogP contribution in [0, 0.1) is 52.6 Å². The van der Waals surface area contributed by atoms with Crippen molar-refractivity contribution in [3.63, 3.8) is 0 Å². The summed E-state index contributed by atoms with van der Waals surface area (Å²) in [4.78, 5) is 0. The minimum Gasteiger partial charge on any atom is -0.358 e. The zero-order valence-electron chi connectivity index (χ0n) is 3.06. The van der Waals surface area contributed by atoms with Crippen molar-refractivity contribution >= 4 is 0 Å². The molecule has 0 amide bonds. The Bertz CT molecular complexity index is 6.00. The SMILES string of the molecule is [Ar].[CH3-].[CH3-].[Zn+2]. The summed E-state index contributed by atoms with van der Waals surface area (Å²) in [5.74, 6) is 0. The molecule has 0 aromatic rings. The Morgan fingerprint density at radius 3 is 0.750 bits per heavy atom. The van der Waals surface area contributed by atoms with E-state index in [4.69, 9.17) is 0 Å². The summed E-state index contributed by atoms with van der Waals surface area (Å²) in [7, 11) is 0. The van der Waals surface area contributed by atoms with Crippen LogP contribution in [0.4, 0.5) is 0 Å². The molecule has 0 aliphatic rings. The van der Waals surface area contributed by atoms with Gasteiger partial charge < -0.3 is 14.9 Å². The summed E-state index contributed by atoms with van der Waals surface area (Å²) in [5.41, 5.74) is 0. The van der Waals surface area contributed by atoms with E-state index in [0.29, 0.717) is 0 Å². The Kier molecular flexibility index (Phi) is 205. The molecule has 0 radical (unpaired) electrons. The van der Waals surface area contributed by atoms with Crippen LogP contribution in [0.2, 0.25) is 0 Å². The first-order chi connectivity index (χ1) is 0. The molecule has 0 N–H and O–H groups in total. The average Bonchev–Trinajstić information content (AvgIpc) is 0. The maximum atomic E-state index is 0. The van der Waals surface area contributed by atoms with E-state index in [1.165, 1.54) is 0 Å². The zero-order valence-corrected chi connectivity index (χ0v) is 6.73. The largest absolute Gasteiger partial charge is 2.00 e. The second kappa shape index (κ2) is 20.8. The molecule has 24 valence electrons. The zero-order chi connectivity index (χ0) is 0. The normalized spacial score (nSPS) is 0. The van der Waals surface area contributed by atoms with E-state index in [-0.39, 0.29) is 72.1 Å². The van der Waals surface area contributed by atoms with Gasteiger partial charge in [0.25, 0.3) is 0 Å². The van der Waals surface area contributed by atoms with Gasteiger partial charge in [-0.05, 0) is 0 Å². The van der Waals surface area contributed by atoms with Crippen molar-refractivity contribution in [3.8, 4) is 0 Å². The van der Waals surface area contributed by atoms with Crippen LogP contribution in [-0.4, -0.2) is 0 Å². The molecule has 0 unspecified atom stereocenters. The molecule has 0 aliphatic heterocycles. The second-order valence-electron chi connectivity index (χ2n) is 0. The summed E-state index contributed by atoms with van der Waals surface area (Å²) in [5, 5.41) is 0. The van der Waals surface area contributed by atoms with Gasteiger partial charge in [-0.15, -0.1) is 0 Å². The Hall–Kier alpha value is 1.88. The summed E-state index contributed by atoms with van der Waals surface area (Å²) in [6.07, 6.45) is 0. The molecule has 0 aromatic carbocycles. The minimum absolute atomic E-state index is 0. The van der Waals surface area contributed by atoms with Gasteiger partial charge in [0.05, 0.1) is 0 Å². The number of rotatable bonds is 0. The number of hydrogen-bond acceptors (Lipinski definition) is 0. The molecular formula is C2H6ArZn. The summed E-state index contributed by atoms with van der Waals surface area (Å²) >= 11 is 0. The van der Waals surface area contributed by atoms with Gasteiger partial charge in [0, 0.05) is 37.7 Å². The predicted molar refractivity (Wildman–Crippen MR) is 12.8 cm³/mol. The fourth-order valence-electron chi connectivity index (χ4n) is 0. The van der Waals surface area contributed by atoms with Gasteiger partial charge in [0.1, 0.15) is 0 Å². The third-order valence-electron chi connectivity index (χ3n) is 0. The van der Waals surface area contributed by atoms with Gasteiger partial charge in [-0.1, -0.05) is 0 Å². The maximum absolute atomic E-state index is 0.